The molecule has 4 rings (SSSR count). The van der Waals surface area contributed by atoms with Crippen LogP contribution in [0.3, 0.4) is 0 Å². The second kappa shape index (κ2) is 8.92. The molecule has 2 aliphatic rings. The second-order valence-corrected chi connectivity index (χ2v) is 8.01. The molecular weight excluding hydrogens is 380 g/mol. The highest BCUT2D eigenvalue weighted by Gasteiger charge is 2.32. The van der Waals surface area contributed by atoms with E-state index in [0.29, 0.717) is 32.5 Å². The van der Waals surface area contributed by atoms with Gasteiger partial charge in [-0.3, -0.25) is 14.5 Å². The van der Waals surface area contributed by atoms with Crippen molar-refractivity contribution < 1.29 is 14.3 Å². The largest absolute Gasteiger partial charge is 0.375 e. The summed E-state index contributed by atoms with van der Waals surface area (Å²) in [7, 11) is 1.53. The molecule has 7 heteroatoms. The summed E-state index contributed by atoms with van der Waals surface area (Å²) in [5.74, 6) is 1.69. The van der Waals surface area contributed by atoms with Gasteiger partial charge >= 0.3 is 0 Å². The van der Waals surface area contributed by atoms with Gasteiger partial charge in [-0.1, -0.05) is 30.3 Å². The van der Waals surface area contributed by atoms with Crippen LogP contribution in [0, 0.1) is 6.92 Å². The highest BCUT2D eigenvalue weighted by Crippen LogP contribution is 2.32. The summed E-state index contributed by atoms with van der Waals surface area (Å²) in [5, 5.41) is 0. The van der Waals surface area contributed by atoms with Gasteiger partial charge in [0, 0.05) is 50.3 Å². The van der Waals surface area contributed by atoms with E-state index in [4.69, 9.17) is 14.7 Å². The molecule has 1 fully saturated rings. The molecule has 0 N–H and O–H groups in total. The Labute approximate surface area is 177 Å². The van der Waals surface area contributed by atoms with E-state index >= 15 is 0 Å². The predicted octanol–water partition coefficient (Wildman–Crippen LogP) is 2.27. The fraction of sp³-hybridized carbons (Fsp3) is 0.478. The first kappa shape index (κ1) is 20.5. The Kier molecular flexibility index (Phi) is 6.08. The lowest BCUT2D eigenvalue weighted by atomic mass is 10.0. The number of ether oxygens (including phenoxy) is 1. The Hall–Kier alpha value is -2.80. The predicted molar refractivity (Wildman–Crippen MR) is 113 cm³/mol. The maximum Gasteiger partial charge on any atom is 0.248 e. The van der Waals surface area contributed by atoms with Crippen LogP contribution in [0.4, 0.5) is 5.82 Å². The molecule has 7 nitrogen and oxygen atoms in total. The van der Waals surface area contributed by atoms with Crippen LogP contribution in [0.25, 0.3) is 0 Å². The molecular formula is C23H28N4O3. The summed E-state index contributed by atoms with van der Waals surface area (Å²) in [6.45, 7) is 3.98. The van der Waals surface area contributed by atoms with E-state index < -0.39 is 0 Å². The standard InChI is InChI=1S/C23H28N4O3/c1-16-19-8-9-20(28)27(13-10-17-6-4-3-5-7-17)23(19)25-22(24-16)18-11-12-26(14-18)21(29)15-30-2/h3-7,18H,8-15H2,1-2H3/t18-/m1/s1. The number of methoxy groups -OCH3 is 1. The van der Waals surface area contributed by atoms with Crippen LogP contribution in [0.5, 0.6) is 0 Å². The zero-order valence-electron chi connectivity index (χ0n) is 17.6. The zero-order valence-corrected chi connectivity index (χ0v) is 17.6. The number of aryl methyl sites for hydroxylation is 1. The average molecular weight is 409 g/mol. The van der Waals surface area contributed by atoms with Crippen molar-refractivity contribution in [1.29, 1.82) is 0 Å². The van der Waals surface area contributed by atoms with Gasteiger partial charge in [0.25, 0.3) is 0 Å². The van der Waals surface area contributed by atoms with Crippen LogP contribution >= 0.6 is 0 Å². The van der Waals surface area contributed by atoms with Gasteiger partial charge in [-0.25, -0.2) is 9.97 Å². The monoisotopic (exact) mass is 408 g/mol. The summed E-state index contributed by atoms with van der Waals surface area (Å²) in [4.78, 5) is 38.1. The number of benzene rings is 1. The van der Waals surface area contributed by atoms with Crippen molar-refractivity contribution in [2.45, 2.75) is 38.5 Å². The molecule has 0 saturated carbocycles. The average Bonchev–Trinajstić information content (AvgIpc) is 3.24. The van der Waals surface area contributed by atoms with E-state index in [1.165, 1.54) is 12.7 Å². The van der Waals surface area contributed by atoms with Gasteiger partial charge in [-0.15, -0.1) is 0 Å². The second-order valence-electron chi connectivity index (χ2n) is 8.01. The SMILES string of the molecule is COCC(=O)N1CC[C@@H](c2nc(C)c3c(n2)N(CCc2ccccc2)C(=O)CC3)C1. The first-order chi connectivity index (χ1) is 14.6. The van der Waals surface area contributed by atoms with Crippen LogP contribution in [0.15, 0.2) is 30.3 Å². The number of aromatic nitrogens is 2. The normalized spacial score (nSPS) is 18.6. The minimum atomic E-state index is -0.00523. The molecule has 3 heterocycles. The van der Waals surface area contributed by atoms with E-state index in [1.54, 1.807) is 0 Å². The Balaban J connectivity index is 1.56. The summed E-state index contributed by atoms with van der Waals surface area (Å²) >= 11 is 0. The highest BCUT2D eigenvalue weighted by molar-refractivity contribution is 5.95. The van der Waals surface area contributed by atoms with Crippen molar-refractivity contribution in [2.75, 3.05) is 38.3 Å². The fourth-order valence-electron chi connectivity index (χ4n) is 4.31. The third kappa shape index (κ3) is 4.21. The molecule has 2 amide bonds. The number of hydrogen-bond donors (Lipinski definition) is 0. The van der Waals surface area contributed by atoms with E-state index in [-0.39, 0.29) is 24.3 Å². The topological polar surface area (TPSA) is 75.6 Å². The molecule has 1 aromatic carbocycles. The Morgan fingerprint density at radius 2 is 2.00 bits per heavy atom. The molecule has 0 bridgehead atoms. The number of fused-ring (bicyclic) bond motifs is 1. The lowest BCUT2D eigenvalue weighted by Gasteiger charge is -2.30. The minimum absolute atomic E-state index is 0.00523. The van der Waals surface area contributed by atoms with Gasteiger partial charge in [0.15, 0.2) is 0 Å². The summed E-state index contributed by atoms with van der Waals surface area (Å²) < 4.78 is 4.97. The molecule has 1 aromatic heterocycles. The fourth-order valence-corrected chi connectivity index (χ4v) is 4.31. The lowest BCUT2D eigenvalue weighted by Crippen LogP contribution is -2.38. The summed E-state index contributed by atoms with van der Waals surface area (Å²) in [6.07, 6.45) is 2.79. The molecule has 1 atom stereocenters. The number of carbonyl (C=O) groups is 2. The van der Waals surface area contributed by atoms with E-state index in [9.17, 15) is 9.59 Å². The lowest BCUT2D eigenvalue weighted by molar-refractivity contribution is -0.134. The number of rotatable bonds is 6. The van der Waals surface area contributed by atoms with Crippen molar-refractivity contribution in [3.8, 4) is 0 Å². The van der Waals surface area contributed by atoms with E-state index in [1.807, 2.05) is 34.9 Å². The molecule has 30 heavy (non-hydrogen) atoms. The maximum absolute atomic E-state index is 12.7. The smallest absolute Gasteiger partial charge is 0.248 e. The molecule has 1 saturated heterocycles. The number of amides is 2. The number of hydrogen-bond acceptors (Lipinski definition) is 5. The Morgan fingerprint density at radius 3 is 2.77 bits per heavy atom. The van der Waals surface area contributed by atoms with Crippen molar-refractivity contribution in [3.63, 3.8) is 0 Å². The number of anilines is 1. The van der Waals surface area contributed by atoms with Crippen LogP contribution in [-0.4, -0.2) is 60.0 Å². The third-order valence-electron chi connectivity index (χ3n) is 6.00. The molecule has 158 valence electrons. The van der Waals surface area contributed by atoms with Crippen LogP contribution in [0.1, 0.15) is 41.4 Å². The molecule has 0 radical (unpaired) electrons. The third-order valence-corrected chi connectivity index (χ3v) is 6.00. The highest BCUT2D eigenvalue weighted by atomic mass is 16.5. The van der Waals surface area contributed by atoms with E-state index in [0.717, 1.165) is 35.7 Å². The van der Waals surface area contributed by atoms with Crippen molar-refractivity contribution >= 4 is 17.6 Å². The maximum atomic E-state index is 12.7. The van der Waals surface area contributed by atoms with Gasteiger partial charge in [0.1, 0.15) is 18.2 Å². The molecule has 0 spiro atoms. The van der Waals surface area contributed by atoms with Crippen molar-refractivity contribution in [3.05, 3.63) is 53.0 Å². The molecule has 2 aliphatic heterocycles. The molecule has 0 unspecified atom stereocenters. The Bertz CT molecular complexity index is 932. The molecule has 0 aliphatic carbocycles. The Morgan fingerprint density at radius 1 is 1.20 bits per heavy atom. The summed E-state index contributed by atoms with van der Waals surface area (Å²) in [5.41, 5.74) is 3.21. The van der Waals surface area contributed by atoms with Crippen LogP contribution in [-0.2, 0) is 27.2 Å². The van der Waals surface area contributed by atoms with Crippen molar-refractivity contribution in [1.82, 2.24) is 14.9 Å². The summed E-state index contributed by atoms with van der Waals surface area (Å²) in [6, 6.07) is 10.2. The first-order valence-corrected chi connectivity index (χ1v) is 10.5. The number of nitrogens with zero attached hydrogens (tertiary/aromatic N) is 4. The van der Waals surface area contributed by atoms with Gasteiger partial charge in [0.05, 0.1) is 0 Å². The van der Waals surface area contributed by atoms with Crippen LogP contribution < -0.4 is 4.90 Å². The number of carbonyl (C=O) groups excluding carboxylic acids is 2. The number of likely N-dealkylation sites (tertiary alicyclic amines) is 1. The van der Waals surface area contributed by atoms with Crippen LogP contribution in [0.2, 0.25) is 0 Å². The zero-order chi connectivity index (χ0) is 21.1. The van der Waals surface area contributed by atoms with E-state index in [2.05, 4.69) is 12.1 Å². The van der Waals surface area contributed by atoms with Crippen molar-refractivity contribution in [2.24, 2.45) is 0 Å². The quantitative estimate of drug-likeness (QED) is 0.733. The van der Waals surface area contributed by atoms with Gasteiger partial charge in [-0.2, -0.15) is 0 Å². The van der Waals surface area contributed by atoms with Gasteiger partial charge in [0.2, 0.25) is 11.8 Å². The minimum Gasteiger partial charge on any atom is -0.375 e. The van der Waals surface area contributed by atoms with Gasteiger partial charge < -0.3 is 9.64 Å². The first-order valence-electron chi connectivity index (χ1n) is 10.5. The molecule has 2 aromatic rings. The van der Waals surface area contributed by atoms with Gasteiger partial charge in [-0.05, 0) is 31.7 Å².